The van der Waals surface area contributed by atoms with E-state index < -0.39 is 0 Å². The van der Waals surface area contributed by atoms with Crippen LogP contribution in [0.25, 0.3) is 11.3 Å². The van der Waals surface area contributed by atoms with Gasteiger partial charge in [0.05, 0.1) is 6.54 Å². The largest absolute Gasteiger partial charge is 0.290 e. The standard InChI is InChI=1S/C22H21BrClN2O/c23-18-9-5-17(6-10-18)21(27)15-25-14-20(16-7-11-19(24)12-8-16)26-13-3-1-2-4-22(25)26/h5-12,14H,1-4,13,15H2/q+1. The number of fused-ring (bicyclic) bond motifs is 1. The lowest BCUT2D eigenvalue weighted by Gasteiger charge is -2.03. The molecule has 5 heteroatoms. The maximum absolute atomic E-state index is 12.8. The van der Waals surface area contributed by atoms with E-state index in [4.69, 9.17) is 11.6 Å². The second-order valence-corrected chi connectivity index (χ2v) is 8.31. The van der Waals surface area contributed by atoms with Crippen molar-refractivity contribution >= 4 is 33.3 Å². The van der Waals surface area contributed by atoms with E-state index in [1.807, 2.05) is 36.4 Å². The molecule has 3 aromatic rings. The van der Waals surface area contributed by atoms with Gasteiger partial charge in [-0.2, -0.15) is 0 Å². The summed E-state index contributed by atoms with van der Waals surface area (Å²) < 4.78 is 5.50. The summed E-state index contributed by atoms with van der Waals surface area (Å²) in [4.78, 5) is 12.8. The van der Waals surface area contributed by atoms with Gasteiger partial charge in [0.2, 0.25) is 5.78 Å². The van der Waals surface area contributed by atoms with E-state index in [2.05, 4.69) is 43.4 Å². The number of Topliss-reactive ketones (excluding diaryl/α,β-unsaturated/α-hetero) is 1. The molecular formula is C22H21BrClN2O+. The van der Waals surface area contributed by atoms with Crippen LogP contribution >= 0.6 is 27.5 Å². The molecule has 0 radical (unpaired) electrons. The third-order valence-electron chi connectivity index (χ3n) is 5.11. The molecule has 0 amide bonds. The predicted molar refractivity (Wildman–Crippen MR) is 111 cm³/mol. The molecule has 1 aromatic heterocycles. The third kappa shape index (κ3) is 4.02. The lowest BCUT2D eigenvalue weighted by molar-refractivity contribution is -0.690. The van der Waals surface area contributed by atoms with Crippen LogP contribution in [0.1, 0.15) is 35.4 Å². The Labute approximate surface area is 172 Å². The number of benzene rings is 2. The number of carbonyl (C=O) groups is 1. The molecule has 0 saturated heterocycles. The predicted octanol–water partition coefficient (Wildman–Crippen LogP) is 5.47. The van der Waals surface area contributed by atoms with Crippen molar-refractivity contribution in [1.82, 2.24) is 4.57 Å². The van der Waals surface area contributed by atoms with Gasteiger partial charge in [-0.05, 0) is 55.7 Å². The second kappa shape index (κ2) is 7.99. The fourth-order valence-electron chi connectivity index (χ4n) is 3.71. The highest BCUT2D eigenvalue weighted by molar-refractivity contribution is 9.10. The molecule has 2 heterocycles. The Hall–Kier alpha value is -1.91. The summed E-state index contributed by atoms with van der Waals surface area (Å²) in [6.07, 6.45) is 6.68. The van der Waals surface area contributed by atoms with Gasteiger partial charge in [-0.15, -0.1) is 0 Å². The minimum absolute atomic E-state index is 0.132. The van der Waals surface area contributed by atoms with Crippen LogP contribution in [0.15, 0.2) is 59.2 Å². The normalized spacial score (nSPS) is 13.9. The van der Waals surface area contributed by atoms with Crippen LogP contribution in [-0.4, -0.2) is 10.4 Å². The molecule has 0 unspecified atom stereocenters. The average molecular weight is 445 g/mol. The van der Waals surface area contributed by atoms with Gasteiger partial charge in [0, 0.05) is 27.0 Å². The first-order valence-electron chi connectivity index (χ1n) is 9.28. The summed E-state index contributed by atoms with van der Waals surface area (Å²) in [6.45, 7) is 1.36. The highest BCUT2D eigenvalue weighted by atomic mass is 79.9. The van der Waals surface area contributed by atoms with Crippen molar-refractivity contribution in [2.45, 2.75) is 38.8 Å². The zero-order valence-corrected chi connectivity index (χ0v) is 17.3. The molecular weight excluding hydrogens is 424 g/mol. The first-order chi connectivity index (χ1) is 13.1. The summed E-state index contributed by atoms with van der Waals surface area (Å²) >= 11 is 9.49. The molecule has 138 valence electrons. The molecule has 4 rings (SSSR count). The molecule has 0 bridgehead atoms. The Morgan fingerprint density at radius 3 is 2.52 bits per heavy atom. The number of imidazole rings is 1. The number of ketones is 1. The van der Waals surface area contributed by atoms with Gasteiger partial charge < -0.3 is 0 Å². The molecule has 0 N–H and O–H groups in total. The Bertz CT molecular complexity index is 961. The smallest absolute Gasteiger partial charge is 0.257 e. The molecule has 0 fully saturated rings. The molecule has 1 aliphatic heterocycles. The van der Waals surface area contributed by atoms with Crippen molar-refractivity contribution in [3.8, 4) is 11.3 Å². The van der Waals surface area contributed by atoms with E-state index in [0.717, 1.165) is 45.7 Å². The van der Waals surface area contributed by atoms with Crippen LogP contribution < -0.4 is 4.57 Å². The first kappa shape index (κ1) is 18.5. The van der Waals surface area contributed by atoms with E-state index in [1.54, 1.807) is 0 Å². The fraction of sp³-hybridized carbons (Fsp3) is 0.273. The van der Waals surface area contributed by atoms with E-state index in [0.29, 0.717) is 6.54 Å². The number of aromatic nitrogens is 2. The lowest BCUT2D eigenvalue weighted by Crippen LogP contribution is -2.40. The topological polar surface area (TPSA) is 25.9 Å². The number of rotatable bonds is 4. The Balaban J connectivity index is 1.71. The lowest BCUT2D eigenvalue weighted by atomic mass is 10.1. The summed E-state index contributed by atoms with van der Waals surface area (Å²) in [5.41, 5.74) is 3.04. The summed E-state index contributed by atoms with van der Waals surface area (Å²) in [7, 11) is 0. The Kier molecular flexibility index (Phi) is 5.46. The zero-order chi connectivity index (χ0) is 18.8. The van der Waals surface area contributed by atoms with Crippen molar-refractivity contribution in [1.29, 1.82) is 0 Å². The van der Waals surface area contributed by atoms with Gasteiger partial charge >= 0.3 is 0 Å². The molecule has 27 heavy (non-hydrogen) atoms. The first-order valence-corrected chi connectivity index (χ1v) is 10.5. The molecule has 0 atom stereocenters. The molecule has 0 spiro atoms. The van der Waals surface area contributed by atoms with Crippen molar-refractivity contribution in [2.24, 2.45) is 0 Å². The second-order valence-electron chi connectivity index (χ2n) is 6.96. The zero-order valence-electron chi connectivity index (χ0n) is 15.0. The Morgan fingerprint density at radius 1 is 1.04 bits per heavy atom. The number of nitrogens with zero attached hydrogens (tertiary/aromatic N) is 2. The third-order valence-corrected chi connectivity index (χ3v) is 5.89. The van der Waals surface area contributed by atoms with Crippen LogP contribution in [0, 0.1) is 0 Å². The minimum Gasteiger partial charge on any atom is -0.290 e. The SMILES string of the molecule is O=C(C[n+]1cc(-c2ccc(Cl)cc2)n2c1CCCCC2)c1ccc(Br)cc1. The summed E-state index contributed by atoms with van der Waals surface area (Å²) in [6, 6.07) is 15.5. The molecule has 2 aromatic carbocycles. The van der Waals surface area contributed by atoms with E-state index in [-0.39, 0.29) is 5.78 Å². The van der Waals surface area contributed by atoms with Crippen LogP contribution in [0.5, 0.6) is 0 Å². The molecule has 1 aliphatic rings. The summed E-state index contributed by atoms with van der Waals surface area (Å²) in [5, 5.41) is 0.736. The molecule has 0 aliphatic carbocycles. The van der Waals surface area contributed by atoms with E-state index >= 15 is 0 Å². The van der Waals surface area contributed by atoms with Gasteiger partial charge in [-0.25, -0.2) is 9.13 Å². The van der Waals surface area contributed by atoms with Crippen LogP contribution in [0.2, 0.25) is 5.02 Å². The van der Waals surface area contributed by atoms with Gasteiger partial charge in [0.15, 0.2) is 12.2 Å². The highest BCUT2D eigenvalue weighted by Gasteiger charge is 2.27. The van der Waals surface area contributed by atoms with Gasteiger partial charge in [0.25, 0.3) is 5.82 Å². The van der Waals surface area contributed by atoms with Crippen LogP contribution in [0.4, 0.5) is 0 Å². The summed E-state index contributed by atoms with van der Waals surface area (Å²) in [5.74, 6) is 1.37. The minimum atomic E-state index is 0.132. The van der Waals surface area contributed by atoms with Crippen molar-refractivity contribution in [3.63, 3.8) is 0 Å². The number of hydrogen-bond donors (Lipinski definition) is 0. The number of halogens is 2. The quantitative estimate of drug-likeness (QED) is 0.387. The van der Waals surface area contributed by atoms with E-state index in [9.17, 15) is 4.79 Å². The van der Waals surface area contributed by atoms with Gasteiger partial charge in [0.1, 0.15) is 6.20 Å². The Morgan fingerprint density at radius 2 is 1.78 bits per heavy atom. The monoisotopic (exact) mass is 443 g/mol. The van der Waals surface area contributed by atoms with Gasteiger partial charge in [-0.1, -0.05) is 39.7 Å². The highest BCUT2D eigenvalue weighted by Crippen LogP contribution is 2.25. The number of hydrogen-bond acceptors (Lipinski definition) is 1. The average Bonchev–Trinajstić information content (AvgIpc) is 2.84. The number of carbonyl (C=O) groups excluding carboxylic acids is 1. The molecule has 3 nitrogen and oxygen atoms in total. The van der Waals surface area contributed by atoms with Crippen molar-refractivity contribution < 1.29 is 9.36 Å². The van der Waals surface area contributed by atoms with Crippen molar-refractivity contribution in [2.75, 3.05) is 0 Å². The van der Waals surface area contributed by atoms with Gasteiger partial charge in [-0.3, -0.25) is 4.79 Å². The molecule has 0 saturated carbocycles. The van der Waals surface area contributed by atoms with E-state index in [1.165, 1.54) is 18.7 Å². The van der Waals surface area contributed by atoms with Crippen LogP contribution in [-0.2, 0) is 19.5 Å². The fourth-order valence-corrected chi connectivity index (χ4v) is 4.10. The van der Waals surface area contributed by atoms with Crippen LogP contribution in [0.3, 0.4) is 0 Å². The maximum Gasteiger partial charge on any atom is 0.257 e. The maximum atomic E-state index is 12.8. The van der Waals surface area contributed by atoms with Crippen molar-refractivity contribution in [3.05, 3.63) is 75.6 Å².